The standard InChI is InChI=1S/C23H30N4O3/c1-17(2)22(26-21(28)16-30-20-6-4-3-5-7-20)23(29)25-18-8-10-19(11-9-18)27-14-12-24-13-15-27/h3-11,17,22,24H,12-16H2,1-2H3,(H,25,29)(H,26,28). The molecular formula is C23H30N4O3. The number of benzene rings is 2. The predicted molar refractivity (Wildman–Crippen MR) is 119 cm³/mol. The van der Waals surface area contributed by atoms with E-state index in [4.69, 9.17) is 4.74 Å². The number of amides is 2. The maximum absolute atomic E-state index is 12.8. The topological polar surface area (TPSA) is 82.7 Å². The second-order valence-corrected chi connectivity index (χ2v) is 7.66. The molecule has 0 radical (unpaired) electrons. The van der Waals surface area contributed by atoms with Crippen LogP contribution in [0.3, 0.4) is 0 Å². The summed E-state index contributed by atoms with van der Waals surface area (Å²) in [4.78, 5) is 27.4. The summed E-state index contributed by atoms with van der Waals surface area (Å²) >= 11 is 0. The van der Waals surface area contributed by atoms with Gasteiger partial charge in [-0.1, -0.05) is 32.0 Å². The number of ether oxygens (including phenoxy) is 1. The molecule has 7 nitrogen and oxygen atoms in total. The molecule has 1 aliphatic rings. The molecule has 0 aliphatic carbocycles. The van der Waals surface area contributed by atoms with E-state index in [1.165, 1.54) is 0 Å². The zero-order chi connectivity index (χ0) is 21.3. The van der Waals surface area contributed by atoms with Crippen LogP contribution in [0.4, 0.5) is 11.4 Å². The van der Waals surface area contributed by atoms with Crippen molar-refractivity contribution < 1.29 is 14.3 Å². The Morgan fingerprint density at radius 2 is 1.70 bits per heavy atom. The van der Waals surface area contributed by atoms with Crippen LogP contribution < -0.4 is 25.6 Å². The van der Waals surface area contributed by atoms with Gasteiger partial charge in [0, 0.05) is 37.6 Å². The number of hydrogen-bond donors (Lipinski definition) is 3. The third-order valence-corrected chi connectivity index (χ3v) is 5.00. The van der Waals surface area contributed by atoms with E-state index in [1.54, 1.807) is 12.1 Å². The molecule has 1 atom stereocenters. The number of carbonyl (C=O) groups excluding carboxylic acids is 2. The summed E-state index contributed by atoms with van der Waals surface area (Å²) in [6, 6.07) is 16.3. The molecule has 2 aromatic carbocycles. The monoisotopic (exact) mass is 410 g/mol. The second-order valence-electron chi connectivity index (χ2n) is 7.66. The number of hydrogen-bond acceptors (Lipinski definition) is 5. The smallest absolute Gasteiger partial charge is 0.258 e. The normalized spacial score (nSPS) is 14.8. The van der Waals surface area contributed by atoms with Gasteiger partial charge in [-0.05, 0) is 42.3 Å². The zero-order valence-electron chi connectivity index (χ0n) is 17.6. The van der Waals surface area contributed by atoms with Crippen molar-refractivity contribution in [2.24, 2.45) is 5.92 Å². The number of anilines is 2. The Bertz CT molecular complexity index is 818. The summed E-state index contributed by atoms with van der Waals surface area (Å²) in [5, 5.41) is 9.02. The van der Waals surface area contributed by atoms with Gasteiger partial charge in [0.1, 0.15) is 11.8 Å². The molecule has 0 saturated carbocycles. The summed E-state index contributed by atoms with van der Waals surface area (Å²) in [6.45, 7) is 7.55. The van der Waals surface area contributed by atoms with E-state index >= 15 is 0 Å². The third-order valence-electron chi connectivity index (χ3n) is 5.00. The molecule has 0 aromatic heterocycles. The highest BCUT2D eigenvalue weighted by atomic mass is 16.5. The van der Waals surface area contributed by atoms with Crippen molar-refractivity contribution in [1.82, 2.24) is 10.6 Å². The van der Waals surface area contributed by atoms with Crippen LogP contribution in [0.15, 0.2) is 54.6 Å². The van der Waals surface area contributed by atoms with Gasteiger partial charge in [-0.25, -0.2) is 0 Å². The summed E-state index contributed by atoms with van der Waals surface area (Å²) in [7, 11) is 0. The highest BCUT2D eigenvalue weighted by molar-refractivity contribution is 5.97. The number of rotatable bonds is 8. The fourth-order valence-corrected chi connectivity index (χ4v) is 3.31. The van der Waals surface area contributed by atoms with Crippen LogP contribution in [-0.2, 0) is 9.59 Å². The van der Waals surface area contributed by atoms with Gasteiger partial charge in [-0.15, -0.1) is 0 Å². The number of carbonyl (C=O) groups is 2. The van der Waals surface area contributed by atoms with Crippen LogP contribution in [0.2, 0.25) is 0 Å². The lowest BCUT2D eigenvalue weighted by molar-refractivity contribution is -0.128. The molecule has 3 N–H and O–H groups in total. The highest BCUT2D eigenvalue weighted by Gasteiger charge is 2.24. The van der Waals surface area contributed by atoms with Crippen LogP contribution in [0, 0.1) is 5.92 Å². The van der Waals surface area contributed by atoms with Gasteiger partial charge in [-0.3, -0.25) is 9.59 Å². The predicted octanol–water partition coefficient (Wildman–Crippen LogP) is 2.25. The molecule has 1 fully saturated rings. The van der Waals surface area contributed by atoms with Gasteiger partial charge in [0.15, 0.2) is 6.61 Å². The first-order valence-corrected chi connectivity index (χ1v) is 10.4. The Labute approximate surface area is 177 Å². The number of para-hydroxylation sites is 1. The molecule has 7 heteroatoms. The third kappa shape index (κ3) is 6.22. The Kier molecular flexibility index (Phi) is 7.68. The SMILES string of the molecule is CC(C)C(NC(=O)COc1ccccc1)C(=O)Nc1ccc(N2CCNCC2)cc1. The van der Waals surface area contributed by atoms with Gasteiger partial charge < -0.3 is 25.6 Å². The van der Waals surface area contributed by atoms with Crippen molar-refractivity contribution in [3.8, 4) is 5.75 Å². The molecule has 1 heterocycles. The maximum Gasteiger partial charge on any atom is 0.258 e. The molecule has 0 spiro atoms. The molecule has 3 rings (SSSR count). The Morgan fingerprint density at radius 1 is 1.03 bits per heavy atom. The minimum absolute atomic E-state index is 0.0641. The maximum atomic E-state index is 12.8. The average Bonchev–Trinajstić information content (AvgIpc) is 2.77. The van der Waals surface area contributed by atoms with E-state index in [2.05, 4.69) is 20.9 Å². The fraction of sp³-hybridized carbons (Fsp3) is 0.391. The molecule has 2 amide bonds. The van der Waals surface area contributed by atoms with Gasteiger partial charge in [0.2, 0.25) is 5.91 Å². The second kappa shape index (κ2) is 10.6. The van der Waals surface area contributed by atoms with Crippen molar-refractivity contribution in [3.63, 3.8) is 0 Å². The van der Waals surface area contributed by atoms with Gasteiger partial charge in [0.25, 0.3) is 5.91 Å². The largest absolute Gasteiger partial charge is 0.484 e. The van der Waals surface area contributed by atoms with Crippen molar-refractivity contribution in [2.45, 2.75) is 19.9 Å². The molecule has 1 aliphatic heterocycles. The van der Waals surface area contributed by atoms with Crippen LogP contribution in [0.5, 0.6) is 5.75 Å². The minimum atomic E-state index is -0.648. The molecule has 160 valence electrons. The first-order chi connectivity index (χ1) is 14.5. The van der Waals surface area contributed by atoms with E-state index in [0.29, 0.717) is 11.4 Å². The first-order valence-electron chi connectivity index (χ1n) is 10.4. The summed E-state index contributed by atoms with van der Waals surface area (Å²) in [5.74, 6) is -0.0247. The Hall–Kier alpha value is -3.06. The molecule has 1 saturated heterocycles. The van der Waals surface area contributed by atoms with E-state index in [9.17, 15) is 9.59 Å². The number of piperazine rings is 1. The fourth-order valence-electron chi connectivity index (χ4n) is 3.31. The van der Waals surface area contributed by atoms with E-state index in [1.807, 2.05) is 56.3 Å². The lowest BCUT2D eigenvalue weighted by atomic mass is 10.0. The summed E-state index contributed by atoms with van der Waals surface area (Å²) in [5.41, 5.74) is 1.85. The van der Waals surface area contributed by atoms with Crippen LogP contribution in [-0.4, -0.2) is 50.6 Å². The lowest BCUT2D eigenvalue weighted by Gasteiger charge is -2.29. The number of nitrogens with one attached hydrogen (secondary N) is 3. The molecule has 2 aromatic rings. The quantitative estimate of drug-likeness (QED) is 0.622. The zero-order valence-corrected chi connectivity index (χ0v) is 17.6. The van der Waals surface area contributed by atoms with E-state index in [-0.39, 0.29) is 24.3 Å². The van der Waals surface area contributed by atoms with E-state index < -0.39 is 6.04 Å². The van der Waals surface area contributed by atoms with Crippen molar-refractivity contribution in [2.75, 3.05) is 43.0 Å². The van der Waals surface area contributed by atoms with Crippen LogP contribution >= 0.6 is 0 Å². The Balaban J connectivity index is 1.53. The van der Waals surface area contributed by atoms with Gasteiger partial charge in [0.05, 0.1) is 0 Å². The van der Waals surface area contributed by atoms with Crippen molar-refractivity contribution in [3.05, 3.63) is 54.6 Å². The van der Waals surface area contributed by atoms with Gasteiger partial charge >= 0.3 is 0 Å². The van der Waals surface area contributed by atoms with Crippen molar-refractivity contribution >= 4 is 23.2 Å². The highest BCUT2D eigenvalue weighted by Crippen LogP contribution is 2.19. The van der Waals surface area contributed by atoms with Crippen LogP contribution in [0.1, 0.15) is 13.8 Å². The summed E-state index contributed by atoms with van der Waals surface area (Å²) < 4.78 is 5.46. The Morgan fingerprint density at radius 3 is 2.33 bits per heavy atom. The van der Waals surface area contributed by atoms with Crippen molar-refractivity contribution in [1.29, 1.82) is 0 Å². The molecule has 0 bridgehead atoms. The molecule has 1 unspecified atom stereocenters. The number of nitrogens with zero attached hydrogens (tertiary/aromatic N) is 1. The lowest BCUT2D eigenvalue weighted by Crippen LogP contribution is -2.48. The minimum Gasteiger partial charge on any atom is -0.484 e. The van der Waals surface area contributed by atoms with E-state index in [0.717, 1.165) is 31.9 Å². The first kappa shape index (κ1) is 21.6. The average molecular weight is 411 g/mol. The molecular weight excluding hydrogens is 380 g/mol. The van der Waals surface area contributed by atoms with Gasteiger partial charge in [-0.2, -0.15) is 0 Å². The summed E-state index contributed by atoms with van der Waals surface area (Å²) in [6.07, 6.45) is 0. The van der Waals surface area contributed by atoms with Crippen LogP contribution in [0.25, 0.3) is 0 Å². The molecule has 30 heavy (non-hydrogen) atoms.